The maximum Gasteiger partial charge on any atom is 0.335 e. The van der Waals surface area contributed by atoms with Crippen LogP contribution in [-0.4, -0.2) is 41.8 Å². The first-order valence-electron chi connectivity index (χ1n) is 8.11. The van der Waals surface area contributed by atoms with Gasteiger partial charge in [-0.15, -0.1) is 0 Å². The fraction of sp³-hybridized carbons (Fsp3) is 0.389. The molecule has 3 rings (SSSR count). The molecule has 0 saturated carbocycles. The highest BCUT2D eigenvalue weighted by Gasteiger charge is 2.21. The number of nitrogens with zero attached hydrogens (tertiary/aromatic N) is 1. The molecule has 5 nitrogen and oxygen atoms in total. The Morgan fingerprint density at radius 2 is 1.91 bits per heavy atom. The lowest BCUT2D eigenvalue weighted by atomic mass is 10.1. The number of nitrogens with one attached hydrogen (secondary N) is 2. The molecule has 122 valence electrons. The summed E-state index contributed by atoms with van der Waals surface area (Å²) in [6, 6.07) is 6.76. The van der Waals surface area contributed by atoms with Crippen LogP contribution in [0.25, 0.3) is 0 Å². The number of hydrogen-bond donors (Lipinski definition) is 3. The van der Waals surface area contributed by atoms with Crippen LogP contribution in [0, 0.1) is 0 Å². The molecule has 1 saturated heterocycles. The van der Waals surface area contributed by atoms with Gasteiger partial charge in [-0.3, -0.25) is 5.32 Å². The second-order valence-corrected chi connectivity index (χ2v) is 6.10. The number of carboxylic acids is 1. The Kier molecular flexibility index (Phi) is 4.67. The van der Waals surface area contributed by atoms with Crippen LogP contribution in [0.2, 0.25) is 0 Å². The summed E-state index contributed by atoms with van der Waals surface area (Å²) in [6.07, 6.45) is 6.00. The minimum atomic E-state index is -0.911. The van der Waals surface area contributed by atoms with Crippen molar-refractivity contribution in [3.8, 4) is 0 Å². The number of likely N-dealkylation sites (tertiary alicyclic amines) is 1. The van der Waals surface area contributed by atoms with E-state index < -0.39 is 5.97 Å². The quantitative estimate of drug-likeness (QED) is 0.797. The van der Waals surface area contributed by atoms with Gasteiger partial charge in [0.05, 0.1) is 5.56 Å². The van der Waals surface area contributed by atoms with Crippen LogP contribution in [0.1, 0.15) is 29.6 Å². The lowest BCUT2D eigenvalue weighted by molar-refractivity contribution is 0.0697. The van der Waals surface area contributed by atoms with Crippen molar-refractivity contribution in [3.63, 3.8) is 0 Å². The summed E-state index contributed by atoms with van der Waals surface area (Å²) in [5, 5.41) is 15.8. The highest BCUT2D eigenvalue weighted by Crippen LogP contribution is 2.21. The van der Waals surface area contributed by atoms with E-state index >= 15 is 0 Å². The number of rotatable bonds is 4. The molecule has 0 bridgehead atoms. The van der Waals surface area contributed by atoms with Crippen LogP contribution in [0.5, 0.6) is 0 Å². The Morgan fingerprint density at radius 3 is 2.52 bits per heavy atom. The first-order chi connectivity index (χ1) is 11.1. The van der Waals surface area contributed by atoms with Crippen LogP contribution in [-0.2, 0) is 0 Å². The van der Waals surface area contributed by atoms with E-state index in [0.29, 0.717) is 5.56 Å². The fourth-order valence-corrected chi connectivity index (χ4v) is 3.09. The van der Waals surface area contributed by atoms with E-state index in [9.17, 15) is 4.79 Å². The molecule has 2 heterocycles. The van der Waals surface area contributed by atoms with E-state index in [2.05, 4.69) is 28.2 Å². The van der Waals surface area contributed by atoms with Crippen LogP contribution in [0.3, 0.4) is 0 Å². The molecule has 0 aromatic heterocycles. The zero-order chi connectivity index (χ0) is 16.2. The molecular weight excluding hydrogens is 290 g/mol. The number of piperidine rings is 1. The third-order valence-electron chi connectivity index (χ3n) is 4.42. The van der Waals surface area contributed by atoms with Crippen molar-refractivity contribution in [2.24, 2.45) is 0 Å². The number of anilines is 1. The number of carbonyl (C=O) groups is 1. The van der Waals surface area contributed by atoms with Gasteiger partial charge in [0.25, 0.3) is 0 Å². The van der Waals surface area contributed by atoms with E-state index in [1.807, 2.05) is 0 Å². The standard InChI is InChI=1S/C18H23N3O2/c1-13-11-16(21-9-3-2-4-10-21)12-19-17(13)20-15-7-5-14(6-8-15)18(22)23/h5-8,11,17,19-20H,1-4,9-10,12H2,(H,22,23). The van der Waals surface area contributed by atoms with Crippen molar-refractivity contribution >= 4 is 11.7 Å². The molecule has 0 radical (unpaired) electrons. The molecule has 2 aliphatic heterocycles. The first-order valence-corrected chi connectivity index (χ1v) is 8.11. The van der Waals surface area contributed by atoms with Gasteiger partial charge < -0.3 is 15.3 Å². The van der Waals surface area contributed by atoms with Crippen LogP contribution in [0.15, 0.2) is 48.2 Å². The average molecular weight is 313 g/mol. The minimum absolute atomic E-state index is 0.0285. The molecule has 3 N–H and O–H groups in total. The summed E-state index contributed by atoms with van der Waals surface area (Å²) >= 11 is 0. The Balaban J connectivity index is 1.62. The zero-order valence-corrected chi connectivity index (χ0v) is 13.2. The van der Waals surface area contributed by atoms with Crippen molar-refractivity contribution in [3.05, 3.63) is 53.8 Å². The highest BCUT2D eigenvalue weighted by atomic mass is 16.4. The lowest BCUT2D eigenvalue weighted by Gasteiger charge is -2.36. The topological polar surface area (TPSA) is 64.6 Å². The molecule has 1 aromatic rings. The van der Waals surface area contributed by atoms with Gasteiger partial charge in [-0.2, -0.15) is 0 Å². The predicted molar refractivity (Wildman–Crippen MR) is 91.5 cm³/mol. The molecule has 5 heteroatoms. The predicted octanol–water partition coefficient (Wildman–Crippen LogP) is 2.65. The summed E-state index contributed by atoms with van der Waals surface area (Å²) in [5.41, 5.74) is 3.48. The Morgan fingerprint density at radius 1 is 1.22 bits per heavy atom. The molecule has 0 spiro atoms. The molecule has 23 heavy (non-hydrogen) atoms. The van der Waals surface area contributed by atoms with Crippen LogP contribution in [0.4, 0.5) is 5.69 Å². The van der Waals surface area contributed by atoms with Gasteiger partial charge in [0.2, 0.25) is 0 Å². The van der Waals surface area contributed by atoms with Gasteiger partial charge in [0.1, 0.15) is 6.17 Å². The second-order valence-electron chi connectivity index (χ2n) is 6.10. The van der Waals surface area contributed by atoms with Crippen molar-refractivity contribution in [1.82, 2.24) is 10.2 Å². The summed E-state index contributed by atoms with van der Waals surface area (Å²) in [4.78, 5) is 13.3. The number of aromatic carboxylic acids is 1. The SMILES string of the molecule is C=C1C=C(N2CCCCC2)CNC1Nc1ccc(C(=O)O)cc1. The molecule has 2 aliphatic rings. The molecule has 0 amide bonds. The average Bonchev–Trinajstić information content (AvgIpc) is 2.58. The lowest BCUT2D eigenvalue weighted by Crippen LogP contribution is -2.45. The number of carboxylic acid groups (broad SMARTS) is 1. The van der Waals surface area contributed by atoms with E-state index in [-0.39, 0.29) is 6.17 Å². The van der Waals surface area contributed by atoms with Gasteiger partial charge in [0.15, 0.2) is 0 Å². The smallest absolute Gasteiger partial charge is 0.335 e. The Hall–Kier alpha value is -2.27. The largest absolute Gasteiger partial charge is 0.478 e. The van der Waals surface area contributed by atoms with Gasteiger partial charge >= 0.3 is 5.97 Å². The van der Waals surface area contributed by atoms with Crippen molar-refractivity contribution in [2.75, 3.05) is 25.0 Å². The van der Waals surface area contributed by atoms with Crippen molar-refractivity contribution in [2.45, 2.75) is 25.4 Å². The zero-order valence-electron chi connectivity index (χ0n) is 13.2. The van der Waals surface area contributed by atoms with Gasteiger partial charge in [-0.05, 0) is 55.2 Å². The second kappa shape index (κ2) is 6.87. The summed E-state index contributed by atoms with van der Waals surface area (Å²) in [7, 11) is 0. The van der Waals surface area contributed by atoms with Gasteiger partial charge in [-0.25, -0.2) is 4.79 Å². The molecule has 1 aromatic carbocycles. The maximum absolute atomic E-state index is 10.9. The number of hydrogen-bond acceptors (Lipinski definition) is 4. The molecule has 1 fully saturated rings. The van der Waals surface area contributed by atoms with Crippen LogP contribution >= 0.6 is 0 Å². The number of benzene rings is 1. The third kappa shape index (κ3) is 3.74. The van der Waals surface area contributed by atoms with Gasteiger partial charge in [0, 0.05) is 31.0 Å². The van der Waals surface area contributed by atoms with Gasteiger partial charge in [-0.1, -0.05) is 6.58 Å². The van der Waals surface area contributed by atoms with E-state index in [1.165, 1.54) is 25.0 Å². The Bertz CT molecular complexity index is 616. The minimum Gasteiger partial charge on any atom is -0.478 e. The summed E-state index contributed by atoms with van der Waals surface area (Å²) < 4.78 is 0. The van der Waals surface area contributed by atoms with E-state index in [4.69, 9.17) is 5.11 Å². The van der Waals surface area contributed by atoms with Crippen molar-refractivity contribution in [1.29, 1.82) is 0 Å². The van der Waals surface area contributed by atoms with Crippen LogP contribution < -0.4 is 10.6 Å². The monoisotopic (exact) mass is 313 g/mol. The normalized spacial score (nSPS) is 21.7. The summed E-state index contributed by atoms with van der Waals surface area (Å²) in [5.74, 6) is -0.911. The van der Waals surface area contributed by atoms with E-state index in [0.717, 1.165) is 30.9 Å². The molecule has 1 unspecified atom stereocenters. The first kappa shape index (κ1) is 15.6. The third-order valence-corrected chi connectivity index (χ3v) is 4.42. The van der Waals surface area contributed by atoms with E-state index in [1.54, 1.807) is 24.3 Å². The maximum atomic E-state index is 10.9. The molecule has 1 atom stereocenters. The highest BCUT2D eigenvalue weighted by molar-refractivity contribution is 5.88. The fourth-order valence-electron chi connectivity index (χ4n) is 3.09. The van der Waals surface area contributed by atoms with Crippen molar-refractivity contribution < 1.29 is 9.90 Å². The molecule has 0 aliphatic carbocycles. The Labute approximate surface area is 136 Å². The summed E-state index contributed by atoms with van der Waals surface area (Å²) in [6.45, 7) is 7.25. The molecular formula is C18H23N3O2.